The fourth-order valence-corrected chi connectivity index (χ4v) is 2.61. The lowest BCUT2D eigenvalue weighted by Gasteiger charge is -2.47. The zero-order valence-electron chi connectivity index (χ0n) is 9.73. The molecule has 0 bridgehead atoms. The summed E-state index contributed by atoms with van der Waals surface area (Å²) in [6.07, 6.45) is 6.10. The molecule has 1 saturated heterocycles. The monoisotopic (exact) mass is 197 g/mol. The lowest BCUT2D eigenvalue weighted by atomic mass is 9.73. The van der Waals surface area contributed by atoms with E-state index in [1.54, 1.807) is 0 Å². The summed E-state index contributed by atoms with van der Waals surface area (Å²) in [5.41, 5.74) is 0.560. The largest absolute Gasteiger partial charge is 0.361 e. The first kappa shape index (κ1) is 10.4. The number of nitrogens with one attached hydrogen (secondary N) is 1. The fourth-order valence-electron chi connectivity index (χ4n) is 2.61. The van der Waals surface area contributed by atoms with E-state index in [0.717, 1.165) is 13.0 Å². The van der Waals surface area contributed by atoms with Crippen LogP contribution in [-0.2, 0) is 4.74 Å². The molecule has 1 atom stereocenters. The molecule has 1 unspecified atom stereocenters. The first-order chi connectivity index (χ1) is 6.52. The van der Waals surface area contributed by atoms with Gasteiger partial charge in [-0.1, -0.05) is 13.8 Å². The molecule has 0 amide bonds. The maximum absolute atomic E-state index is 5.96. The van der Waals surface area contributed by atoms with Crippen molar-refractivity contribution in [2.24, 2.45) is 5.41 Å². The van der Waals surface area contributed by atoms with Crippen LogP contribution in [0.1, 0.15) is 52.9 Å². The minimum Gasteiger partial charge on any atom is -0.361 e. The second-order valence-corrected chi connectivity index (χ2v) is 5.84. The molecule has 14 heavy (non-hydrogen) atoms. The van der Waals surface area contributed by atoms with Crippen LogP contribution >= 0.6 is 0 Å². The zero-order valence-corrected chi connectivity index (χ0v) is 9.73. The van der Waals surface area contributed by atoms with Crippen LogP contribution in [0.25, 0.3) is 0 Å². The highest BCUT2D eigenvalue weighted by Gasteiger charge is 2.41. The maximum atomic E-state index is 5.96. The quantitative estimate of drug-likeness (QED) is 0.644. The first-order valence-electron chi connectivity index (χ1n) is 5.93. The van der Waals surface area contributed by atoms with Crippen LogP contribution in [0.2, 0.25) is 0 Å². The molecule has 0 radical (unpaired) electrons. The van der Waals surface area contributed by atoms with Gasteiger partial charge in [-0.25, -0.2) is 0 Å². The summed E-state index contributed by atoms with van der Waals surface area (Å²) in [6.45, 7) is 7.94. The Morgan fingerprint density at radius 2 is 1.79 bits per heavy atom. The van der Waals surface area contributed by atoms with E-state index < -0.39 is 0 Å². The van der Waals surface area contributed by atoms with E-state index >= 15 is 0 Å². The van der Waals surface area contributed by atoms with Crippen molar-refractivity contribution in [2.45, 2.75) is 64.6 Å². The maximum Gasteiger partial charge on any atom is 0.119 e. The minimum absolute atomic E-state index is 0.0349. The van der Waals surface area contributed by atoms with Crippen LogP contribution in [0.15, 0.2) is 0 Å². The van der Waals surface area contributed by atoms with Gasteiger partial charge >= 0.3 is 0 Å². The highest BCUT2D eigenvalue weighted by molar-refractivity contribution is 4.92. The van der Waals surface area contributed by atoms with Crippen molar-refractivity contribution in [3.8, 4) is 0 Å². The average molecular weight is 197 g/mol. The fraction of sp³-hybridized carbons (Fsp3) is 1.00. The summed E-state index contributed by atoms with van der Waals surface area (Å²) in [6, 6.07) is 0.630. The van der Waals surface area contributed by atoms with E-state index in [1.165, 1.54) is 25.7 Å². The van der Waals surface area contributed by atoms with Crippen molar-refractivity contribution in [1.29, 1.82) is 0 Å². The van der Waals surface area contributed by atoms with E-state index in [9.17, 15) is 0 Å². The molecule has 1 spiro atoms. The van der Waals surface area contributed by atoms with Crippen LogP contribution in [0.3, 0.4) is 0 Å². The van der Waals surface area contributed by atoms with Gasteiger partial charge in [0.1, 0.15) is 5.72 Å². The SMILES string of the molecule is CC1CCOC2(CCC(C)(C)CC2)N1. The van der Waals surface area contributed by atoms with E-state index in [0.29, 0.717) is 11.5 Å². The Morgan fingerprint density at radius 3 is 2.36 bits per heavy atom. The Morgan fingerprint density at radius 1 is 1.14 bits per heavy atom. The Labute approximate surface area is 87.4 Å². The van der Waals surface area contributed by atoms with Crippen LogP contribution < -0.4 is 5.32 Å². The summed E-state index contributed by atoms with van der Waals surface area (Å²) in [7, 11) is 0. The number of hydrogen-bond acceptors (Lipinski definition) is 2. The smallest absolute Gasteiger partial charge is 0.119 e. The normalized spacial score (nSPS) is 35.8. The summed E-state index contributed by atoms with van der Waals surface area (Å²) in [4.78, 5) is 0. The van der Waals surface area contributed by atoms with Crippen molar-refractivity contribution in [2.75, 3.05) is 6.61 Å². The summed E-state index contributed by atoms with van der Waals surface area (Å²) in [5.74, 6) is 0. The molecule has 1 aliphatic carbocycles. The third-order valence-corrected chi connectivity index (χ3v) is 3.85. The molecule has 1 N–H and O–H groups in total. The van der Waals surface area contributed by atoms with Gasteiger partial charge in [0.05, 0.1) is 6.61 Å². The molecule has 0 aromatic rings. The molecule has 1 saturated carbocycles. The van der Waals surface area contributed by atoms with Gasteiger partial charge in [-0.3, -0.25) is 5.32 Å². The topological polar surface area (TPSA) is 21.3 Å². The standard InChI is InChI=1S/C12H23NO/c1-10-4-9-14-12(13-10)7-5-11(2,3)6-8-12/h10,13H,4-9H2,1-3H3. The second-order valence-electron chi connectivity index (χ2n) is 5.84. The third-order valence-electron chi connectivity index (χ3n) is 3.85. The molecule has 2 heteroatoms. The average Bonchev–Trinajstić information content (AvgIpc) is 2.12. The van der Waals surface area contributed by atoms with Gasteiger partial charge in [0, 0.05) is 6.04 Å². The molecule has 2 fully saturated rings. The van der Waals surface area contributed by atoms with Gasteiger partial charge in [-0.15, -0.1) is 0 Å². The predicted molar refractivity (Wildman–Crippen MR) is 58.1 cm³/mol. The van der Waals surface area contributed by atoms with E-state index in [4.69, 9.17) is 4.74 Å². The molecule has 2 nitrogen and oxygen atoms in total. The highest BCUT2D eigenvalue weighted by atomic mass is 16.5. The Bertz CT molecular complexity index is 202. The molecule has 1 heterocycles. The summed E-state index contributed by atoms with van der Waals surface area (Å²) < 4.78 is 5.96. The lowest BCUT2D eigenvalue weighted by Crippen LogP contribution is -2.57. The molecule has 2 aliphatic rings. The van der Waals surface area contributed by atoms with Gasteiger partial charge < -0.3 is 4.74 Å². The van der Waals surface area contributed by atoms with Crippen molar-refractivity contribution >= 4 is 0 Å². The minimum atomic E-state index is 0.0349. The van der Waals surface area contributed by atoms with Crippen LogP contribution in [0.5, 0.6) is 0 Å². The van der Waals surface area contributed by atoms with Crippen molar-refractivity contribution in [1.82, 2.24) is 5.32 Å². The molecular formula is C12H23NO. The van der Waals surface area contributed by atoms with E-state index in [-0.39, 0.29) is 5.72 Å². The number of ether oxygens (including phenoxy) is 1. The summed E-state index contributed by atoms with van der Waals surface area (Å²) in [5, 5.41) is 3.65. The van der Waals surface area contributed by atoms with E-state index in [2.05, 4.69) is 26.1 Å². The number of hydrogen-bond donors (Lipinski definition) is 1. The molecule has 2 rings (SSSR count). The lowest BCUT2D eigenvalue weighted by molar-refractivity contribution is -0.141. The number of rotatable bonds is 0. The molecule has 0 aromatic heterocycles. The van der Waals surface area contributed by atoms with Gasteiger partial charge in [-0.05, 0) is 44.4 Å². The first-order valence-corrected chi connectivity index (χ1v) is 5.93. The van der Waals surface area contributed by atoms with Gasteiger partial charge in [-0.2, -0.15) is 0 Å². The Kier molecular flexibility index (Phi) is 2.61. The van der Waals surface area contributed by atoms with Crippen LogP contribution in [0.4, 0.5) is 0 Å². The van der Waals surface area contributed by atoms with Crippen molar-refractivity contribution in [3.05, 3.63) is 0 Å². The molecule has 0 aromatic carbocycles. The van der Waals surface area contributed by atoms with Crippen molar-refractivity contribution in [3.63, 3.8) is 0 Å². The Balaban J connectivity index is 1.98. The second kappa shape index (κ2) is 3.49. The zero-order chi connectivity index (χ0) is 10.2. The van der Waals surface area contributed by atoms with Gasteiger partial charge in [0.2, 0.25) is 0 Å². The summed E-state index contributed by atoms with van der Waals surface area (Å²) >= 11 is 0. The van der Waals surface area contributed by atoms with Crippen LogP contribution in [0, 0.1) is 5.41 Å². The predicted octanol–water partition coefficient (Wildman–Crippen LogP) is 2.68. The Hall–Kier alpha value is -0.0800. The van der Waals surface area contributed by atoms with Gasteiger partial charge in [0.15, 0.2) is 0 Å². The molecular weight excluding hydrogens is 174 g/mol. The highest BCUT2D eigenvalue weighted by Crippen LogP contribution is 2.41. The molecule has 1 aliphatic heterocycles. The van der Waals surface area contributed by atoms with Gasteiger partial charge in [0.25, 0.3) is 0 Å². The third kappa shape index (κ3) is 2.12. The van der Waals surface area contributed by atoms with Crippen molar-refractivity contribution < 1.29 is 4.74 Å². The molecule has 82 valence electrons. The van der Waals surface area contributed by atoms with E-state index in [1.807, 2.05) is 0 Å². The van der Waals surface area contributed by atoms with Crippen LogP contribution in [-0.4, -0.2) is 18.4 Å².